The molecule has 0 radical (unpaired) electrons. The Morgan fingerprint density at radius 2 is 1.21 bits per heavy atom. The van der Waals surface area contributed by atoms with Gasteiger partial charge in [0.1, 0.15) is 5.76 Å². The number of hydrogen-bond acceptors (Lipinski definition) is 3. The summed E-state index contributed by atoms with van der Waals surface area (Å²) in [6, 6.07) is 0. The molecule has 3 nitrogen and oxygen atoms in total. The predicted molar refractivity (Wildman–Crippen MR) is 56.2 cm³/mol. The summed E-state index contributed by atoms with van der Waals surface area (Å²) >= 11 is 0. The molecule has 0 fully saturated rings. The molecule has 0 rings (SSSR count). The van der Waals surface area contributed by atoms with Crippen LogP contribution in [0.4, 0.5) is 0 Å². The highest BCUT2D eigenvalue weighted by molar-refractivity contribution is 5.97. The first kappa shape index (κ1) is 13.0. The molecule has 3 heteroatoms. The fourth-order valence-corrected chi connectivity index (χ4v) is 0.818. The monoisotopic (exact) mass is 200 g/mol. The molecule has 0 aromatic carbocycles. The number of Topliss-reactive ketones (excluding diaryl/α,β-unsaturated/α-hetero) is 1. The number of ketones is 1. The zero-order valence-electron chi connectivity index (χ0n) is 9.80. The van der Waals surface area contributed by atoms with Crippen LogP contribution in [0.25, 0.3) is 0 Å². The van der Waals surface area contributed by atoms with Crippen LogP contribution in [-0.2, 0) is 4.79 Å². The second-order valence-electron chi connectivity index (χ2n) is 5.53. The molecule has 0 aliphatic heterocycles. The molecule has 0 saturated heterocycles. The lowest BCUT2D eigenvalue weighted by molar-refractivity contribution is -0.125. The van der Waals surface area contributed by atoms with E-state index in [1.165, 1.54) is 0 Å². The Hall–Kier alpha value is -0.990. The Balaban J connectivity index is 5.14. The standard InChI is InChI=1S/C11H20O3/c1-10(2,3)8(13)7(12)9(14)11(4,5)6/h12-13H,1-6H3/b8-7+. The maximum Gasteiger partial charge on any atom is 0.205 e. The Labute approximate surface area is 85.4 Å². The number of carbonyl (C=O) groups excluding carboxylic acids is 1. The molecule has 0 amide bonds. The first-order valence-electron chi connectivity index (χ1n) is 4.65. The summed E-state index contributed by atoms with van der Waals surface area (Å²) in [7, 11) is 0. The molecule has 0 aromatic heterocycles. The number of allylic oxidation sites excluding steroid dienone is 2. The van der Waals surface area contributed by atoms with E-state index in [4.69, 9.17) is 0 Å². The van der Waals surface area contributed by atoms with Gasteiger partial charge in [-0.1, -0.05) is 41.5 Å². The van der Waals surface area contributed by atoms with Crippen molar-refractivity contribution in [2.45, 2.75) is 41.5 Å². The summed E-state index contributed by atoms with van der Waals surface area (Å²) in [5, 5.41) is 19.1. The third-order valence-electron chi connectivity index (χ3n) is 1.83. The molecular weight excluding hydrogens is 180 g/mol. The van der Waals surface area contributed by atoms with E-state index in [9.17, 15) is 15.0 Å². The molecule has 2 N–H and O–H groups in total. The van der Waals surface area contributed by atoms with Gasteiger partial charge in [-0.15, -0.1) is 0 Å². The summed E-state index contributed by atoms with van der Waals surface area (Å²) in [4.78, 5) is 11.6. The summed E-state index contributed by atoms with van der Waals surface area (Å²) < 4.78 is 0. The van der Waals surface area contributed by atoms with E-state index in [1.54, 1.807) is 41.5 Å². The minimum atomic E-state index is -0.677. The molecule has 0 heterocycles. The third-order valence-corrected chi connectivity index (χ3v) is 1.83. The summed E-state index contributed by atoms with van der Waals surface area (Å²) in [5.74, 6) is -1.22. The molecule has 0 unspecified atom stereocenters. The number of aliphatic hydroxyl groups excluding tert-OH is 2. The van der Waals surface area contributed by atoms with Crippen LogP contribution in [0.1, 0.15) is 41.5 Å². The van der Waals surface area contributed by atoms with Gasteiger partial charge in [-0.3, -0.25) is 4.79 Å². The van der Waals surface area contributed by atoms with E-state index in [2.05, 4.69) is 0 Å². The molecule has 0 aromatic rings. The molecule has 0 atom stereocenters. The van der Waals surface area contributed by atoms with Crippen molar-refractivity contribution in [1.29, 1.82) is 0 Å². The zero-order chi connectivity index (χ0) is 11.7. The van der Waals surface area contributed by atoms with E-state index in [1.807, 2.05) is 0 Å². The lowest BCUT2D eigenvalue weighted by atomic mass is 9.85. The van der Waals surface area contributed by atoms with Crippen LogP contribution in [0.15, 0.2) is 11.5 Å². The van der Waals surface area contributed by atoms with Crippen LogP contribution < -0.4 is 0 Å². The number of hydrogen-bond donors (Lipinski definition) is 2. The summed E-state index contributed by atoms with van der Waals surface area (Å²) in [6.45, 7) is 10.3. The topological polar surface area (TPSA) is 57.5 Å². The van der Waals surface area contributed by atoms with Crippen LogP contribution in [0.3, 0.4) is 0 Å². The third kappa shape index (κ3) is 3.05. The van der Waals surface area contributed by atoms with Crippen LogP contribution in [0.2, 0.25) is 0 Å². The van der Waals surface area contributed by atoms with Gasteiger partial charge in [0.15, 0.2) is 5.76 Å². The van der Waals surface area contributed by atoms with Gasteiger partial charge in [-0.05, 0) is 0 Å². The van der Waals surface area contributed by atoms with Crippen molar-refractivity contribution in [3.05, 3.63) is 11.5 Å². The van der Waals surface area contributed by atoms with Gasteiger partial charge in [-0.25, -0.2) is 0 Å². The van der Waals surface area contributed by atoms with Crippen LogP contribution in [0.5, 0.6) is 0 Å². The molecule has 0 bridgehead atoms. The average Bonchev–Trinajstić information content (AvgIpc) is 1.97. The number of carbonyl (C=O) groups is 1. The zero-order valence-corrected chi connectivity index (χ0v) is 9.80. The van der Waals surface area contributed by atoms with Gasteiger partial charge >= 0.3 is 0 Å². The van der Waals surface area contributed by atoms with E-state index in [0.29, 0.717) is 0 Å². The normalized spacial score (nSPS) is 15.0. The van der Waals surface area contributed by atoms with Crippen molar-refractivity contribution in [2.24, 2.45) is 10.8 Å². The van der Waals surface area contributed by atoms with Gasteiger partial charge in [0.05, 0.1) is 0 Å². The Morgan fingerprint density at radius 3 is 1.43 bits per heavy atom. The van der Waals surface area contributed by atoms with Gasteiger partial charge in [0.2, 0.25) is 5.78 Å². The van der Waals surface area contributed by atoms with Gasteiger partial charge < -0.3 is 10.2 Å². The minimum Gasteiger partial charge on any atom is -0.508 e. The lowest BCUT2D eigenvalue weighted by Gasteiger charge is -2.22. The quantitative estimate of drug-likeness (QED) is 0.505. The minimum absolute atomic E-state index is 0.252. The van der Waals surface area contributed by atoms with Crippen molar-refractivity contribution in [1.82, 2.24) is 0 Å². The summed E-state index contributed by atoms with van der Waals surface area (Å²) in [6.07, 6.45) is 0. The van der Waals surface area contributed by atoms with Gasteiger partial charge in [0, 0.05) is 10.8 Å². The Kier molecular flexibility index (Phi) is 3.38. The predicted octanol–water partition coefficient (Wildman–Crippen LogP) is 2.98. The van der Waals surface area contributed by atoms with Gasteiger partial charge in [0.25, 0.3) is 0 Å². The second kappa shape index (κ2) is 3.64. The van der Waals surface area contributed by atoms with Crippen LogP contribution >= 0.6 is 0 Å². The van der Waals surface area contributed by atoms with Crippen molar-refractivity contribution < 1.29 is 15.0 Å². The fourth-order valence-electron chi connectivity index (χ4n) is 0.818. The number of rotatable bonds is 1. The first-order chi connectivity index (χ1) is 5.98. The molecule has 0 aliphatic rings. The molecule has 0 spiro atoms. The average molecular weight is 200 g/mol. The summed E-state index contributed by atoms with van der Waals surface area (Å²) in [5.41, 5.74) is -1.28. The van der Waals surface area contributed by atoms with Crippen LogP contribution in [-0.4, -0.2) is 16.0 Å². The van der Waals surface area contributed by atoms with Gasteiger partial charge in [-0.2, -0.15) is 0 Å². The van der Waals surface area contributed by atoms with Crippen molar-refractivity contribution in [3.63, 3.8) is 0 Å². The van der Waals surface area contributed by atoms with E-state index >= 15 is 0 Å². The van der Waals surface area contributed by atoms with Crippen molar-refractivity contribution in [3.8, 4) is 0 Å². The molecular formula is C11H20O3. The lowest BCUT2D eigenvalue weighted by Crippen LogP contribution is -2.25. The van der Waals surface area contributed by atoms with Crippen molar-refractivity contribution >= 4 is 5.78 Å². The fraction of sp³-hybridized carbons (Fsp3) is 0.727. The van der Waals surface area contributed by atoms with Crippen molar-refractivity contribution in [2.75, 3.05) is 0 Å². The Morgan fingerprint density at radius 1 is 0.857 bits per heavy atom. The largest absolute Gasteiger partial charge is 0.508 e. The highest BCUT2D eigenvalue weighted by atomic mass is 16.3. The molecule has 82 valence electrons. The molecule has 0 saturated carbocycles. The molecule has 0 aliphatic carbocycles. The number of aliphatic hydroxyl groups is 2. The SMILES string of the molecule is CC(C)(C)C(=O)/C(O)=C(\O)C(C)(C)C. The maximum atomic E-state index is 11.6. The maximum absolute atomic E-state index is 11.6. The second-order valence-corrected chi connectivity index (χ2v) is 5.53. The highest BCUT2D eigenvalue weighted by Gasteiger charge is 2.31. The van der Waals surface area contributed by atoms with E-state index in [0.717, 1.165) is 0 Å². The van der Waals surface area contributed by atoms with Crippen LogP contribution in [0, 0.1) is 10.8 Å². The smallest absolute Gasteiger partial charge is 0.205 e. The Bertz CT molecular complexity index is 261. The highest BCUT2D eigenvalue weighted by Crippen LogP contribution is 2.28. The van der Waals surface area contributed by atoms with E-state index in [-0.39, 0.29) is 5.76 Å². The molecule has 14 heavy (non-hydrogen) atoms. The first-order valence-corrected chi connectivity index (χ1v) is 4.65. The van der Waals surface area contributed by atoms with E-state index < -0.39 is 22.4 Å².